The lowest BCUT2D eigenvalue weighted by Crippen LogP contribution is -2.13. The molecule has 0 aliphatic carbocycles. The summed E-state index contributed by atoms with van der Waals surface area (Å²) in [6.07, 6.45) is 1.64. The molecule has 0 aliphatic rings. The molecular formula is C23H14ClN3O2. The van der Waals surface area contributed by atoms with E-state index in [4.69, 9.17) is 21.3 Å². The third-order valence-electron chi connectivity index (χ3n) is 4.31. The average Bonchev–Trinajstić information content (AvgIpc) is 3.25. The van der Waals surface area contributed by atoms with Crippen molar-refractivity contribution in [3.05, 3.63) is 95.1 Å². The summed E-state index contributed by atoms with van der Waals surface area (Å²) in [5.74, 6) is 0.642. The third-order valence-corrected chi connectivity index (χ3v) is 4.63. The summed E-state index contributed by atoms with van der Waals surface area (Å²) in [5, 5.41) is 12.1. The fourth-order valence-electron chi connectivity index (χ4n) is 2.88. The Balaban J connectivity index is 1.64. The average molecular weight is 400 g/mol. The summed E-state index contributed by atoms with van der Waals surface area (Å²) in [6, 6.07) is 23.4. The predicted octanol–water partition coefficient (Wildman–Crippen LogP) is 5.79. The number of hydrogen-bond acceptors (Lipinski definition) is 4. The Morgan fingerprint density at radius 3 is 2.55 bits per heavy atom. The van der Waals surface area contributed by atoms with Crippen molar-refractivity contribution < 1.29 is 9.21 Å². The molecular weight excluding hydrogens is 386 g/mol. The van der Waals surface area contributed by atoms with Crippen LogP contribution in [0.15, 0.2) is 83.4 Å². The van der Waals surface area contributed by atoms with Gasteiger partial charge in [-0.1, -0.05) is 54.1 Å². The lowest BCUT2D eigenvalue weighted by molar-refractivity contribution is 0.102. The molecule has 1 amide bonds. The summed E-state index contributed by atoms with van der Waals surface area (Å²) >= 11 is 6.05. The first-order valence-electron chi connectivity index (χ1n) is 8.77. The highest BCUT2D eigenvalue weighted by Crippen LogP contribution is 2.29. The molecule has 0 radical (unpaired) electrons. The van der Waals surface area contributed by atoms with Gasteiger partial charge >= 0.3 is 0 Å². The minimum atomic E-state index is -0.333. The maximum Gasteiger partial charge on any atom is 0.256 e. The van der Waals surface area contributed by atoms with Crippen LogP contribution < -0.4 is 5.32 Å². The molecule has 6 heteroatoms. The molecule has 0 fully saturated rings. The van der Waals surface area contributed by atoms with Gasteiger partial charge in [0.1, 0.15) is 6.07 Å². The minimum Gasteiger partial charge on any atom is -0.436 e. The zero-order valence-electron chi connectivity index (χ0n) is 15.1. The summed E-state index contributed by atoms with van der Waals surface area (Å²) in [4.78, 5) is 17.2. The van der Waals surface area contributed by atoms with E-state index in [9.17, 15) is 4.79 Å². The Kier molecular flexibility index (Phi) is 5.10. The first-order valence-corrected chi connectivity index (χ1v) is 9.15. The van der Waals surface area contributed by atoms with Crippen LogP contribution in [0.3, 0.4) is 0 Å². The van der Waals surface area contributed by atoms with Crippen molar-refractivity contribution in [3.63, 3.8) is 0 Å². The zero-order chi connectivity index (χ0) is 20.2. The molecule has 29 heavy (non-hydrogen) atoms. The molecule has 0 spiro atoms. The van der Waals surface area contributed by atoms with Crippen LogP contribution in [0.5, 0.6) is 0 Å². The second kappa shape index (κ2) is 8.01. The number of carbonyl (C=O) groups is 1. The number of anilines is 1. The van der Waals surface area contributed by atoms with Crippen molar-refractivity contribution in [3.8, 4) is 28.8 Å². The molecule has 0 saturated heterocycles. The number of carbonyl (C=O) groups excluding carboxylic acids is 1. The first kappa shape index (κ1) is 18.5. The molecule has 0 saturated carbocycles. The molecule has 1 N–H and O–H groups in total. The normalized spacial score (nSPS) is 10.3. The highest BCUT2D eigenvalue weighted by molar-refractivity contribution is 6.32. The molecule has 5 nitrogen and oxygen atoms in total. The van der Waals surface area contributed by atoms with E-state index >= 15 is 0 Å². The Morgan fingerprint density at radius 2 is 1.79 bits per heavy atom. The van der Waals surface area contributed by atoms with Crippen LogP contribution in [-0.4, -0.2) is 10.9 Å². The third kappa shape index (κ3) is 3.88. The lowest BCUT2D eigenvalue weighted by Gasteiger charge is -2.09. The molecule has 0 bridgehead atoms. The highest BCUT2D eigenvalue weighted by atomic mass is 35.5. The maximum absolute atomic E-state index is 12.9. The van der Waals surface area contributed by atoms with Gasteiger partial charge in [0.2, 0.25) is 5.89 Å². The fourth-order valence-corrected chi connectivity index (χ4v) is 3.11. The fraction of sp³-hybridized carbons (Fsp3) is 0. The Hall–Kier alpha value is -3.88. The number of aromatic nitrogens is 1. The number of oxazole rings is 1. The van der Waals surface area contributed by atoms with E-state index in [1.54, 1.807) is 42.6 Å². The van der Waals surface area contributed by atoms with E-state index in [2.05, 4.69) is 10.3 Å². The number of nitrogens with zero attached hydrogens (tertiary/aromatic N) is 2. The minimum absolute atomic E-state index is 0.277. The van der Waals surface area contributed by atoms with E-state index in [0.29, 0.717) is 34.0 Å². The summed E-state index contributed by atoms with van der Waals surface area (Å²) in [5.41, 5.74) is 2.73. The molecule has 3 aromatic carbocycles. The van der Waals surface area contributed by atoms with Crippen LogP contribution in [0.2, 0.25) is 5.02 Å². The van der Waals surface area contributed by atoms with Gasteiger partial charge in [-0.05, 0) is 30.3 Å². The lowest BCUT2D eigenvalue weighted by atomic mass is 10.1. The van der Waals surface area contributed by atoms with Crippen LogP contribution in [0.25, 0.3) is 22.8 Å². The molecule has 140 valence electrons. The van der Waals surface area contributed by atoms with Gasteiger partial charge in [-0.3, -0.25) is 4.79 Å². The van der Waals surface area contributed by atoms with Gasteiger partial charge in [-0.15, -0.1) is 0 Å². The largest absolute Gasteiger partial charge is 0.436 e. The highest BCUT2D eigenvalue weighted by Gasteiger charge is 2.17. The van der Waals surface area contributed by atoms with Crippen molar-refractivity contribution in [1.29, 1.82) is 5.26 Å². The van der Waals surface area contributed by atoms with E-state index in [1.165, 1.54) is 0 Å². The van der Waals surface area contributed by atoms with Crippen molar-refractivity contribution in [2.75, 3.05) is 5.32 Å². The molecule has 0 unspecified atom stereocenters. The van der Waals surface area contributed by atoms with Crippen LogP contribution in [0, 0.1) is 11.3 Å². The van der Waals surface area contributed by atoms with E-state index in [0.717, 1.165) is 5.56 Å². The van der Waals surface area contributed by atoms with Crippen LogP contribution in [-0.2, 0) is 0 Å². The first-order chi connectivity index (χ1) is 14.2. The molecule has 1 aromatic heterocycles. The second-order valence-corrected chi connectivity index (χ2v) is 6.61. The Morgan fingerprint density at radius 1 is 1.03 bits per heavy atom. The van der Waals surface area contributed by atoms with Crippen LogP contribution in [0.1, 0.15) is 15.9 Å². The molecule has 0 atom stereocenters. The van der Waals surface area contributed by atoms with Gasteiger partial charge in [0, 0.05) is 16.8 Å². The number of nitriles is 1. The zero-order valence-corrected chi connectivity index (χ0v) is 15.9. The number of hydrogen-bond donors (Lipinski definition) is 1. The molecule has 1 heterocycles. The quantitative estimate of drug-likeness (QED) is 0.471. The van der Waals surface area contributed by atoms with Gasteiger partial charge in [0.05, 0.1) is 22.3 Å². The van der Waals surface area contributed by atoms with Crippen molar-refractivity contribution in [2.45, 2.75) is 0 Å². The van der Waals surface area contributed by atoms with Crippen molar-refractivity contribution in [1.82, 2.24) is 4.98 Å². The Bertz CT molecular complexity index is 1230. The smallest absolute Gasteiger partial charge is 0.256 e. The standard InChI is InChI=1S/C23H14ClN3O2/c24-20-12-17(11-10-16(20)13-25)27-22(28)18-8-4-5-9-19(18)23-26-14-21(29-23)15-6-2-1-3-7-15/h1-12,14H,(H,27,28). The maximum atomic E-state index is 12.9. The van der Waals surface area contributed by atoms with E-state index in [1.807, 2.05) is 42.5 Å². The van der Waals surface area contributed by atoms with Gasteiger partial charge in [0.25, 0.3) is 5.91 Å². The van der Waals surface area contributed by atoms with Gasteiger partial charge in [-0.25, -0.2) is 4.98 Å². The number of rotatable bonds is 4. The SMILES string of the molecule is N#Cc1ccc(NC(=O)c2ccccc2-c2ncc(-c3ccccc3)o2)cc1Cl. The topological polar surface area (TPSA) is 78.9 Å². The second-order valence-electron chi connectivity index (χ2n) is 6.20. The molecule has 4 aromatic rings. The van der Waals surface area contributed by atoms with Gasteiger partial charge < -0.3 is 9.73 Å². The van der Waals surface area contributed by atoms with Gasteiger partial charge in [-0.2, -0.15) is 5.26 Å². The number of amides is 1. The molecule has 0 aliphatic heterocycles. The van der Waals surface area contributed by atoms with Crippen LogP contribution in [0.4, 0.5) is 5.69 Å². The summed E-state index contributed by atoms with van der Waals surface area (Å²) in [6.45, 7) is 0. The van der Waals surface area contributed by atoms with Crippen LogP contribution >= 0.6 is 11.6 Å². The number of benzene rings is 3. The number of halogens is 1. The summed E-state index contributed by atoms with van der Waals surface area (Å²) in [7, 11) is 0. The predicted molar refractivity (Wildman–Crippen MR) is 111 cm³/mol. The van der Waals surface area contributed by atoms with Crippen molar-refractivity contribution >= 4 is 23.2 Å². The van der Waals surface area contributed by atoms with Gasteiger partial charge in [0.15, 0.2) is 5.76 Å². The summed E-state index contributed by atoms with van der Waals surface area (Å²) < 4.78 is 5.90. The molecule has 4 rings (SSSR count). The van der Waals surface area contributed by atoms with E-state index in [-0.39, 0.29) is 10.9 Å². The number of nitrogens with one attached hydrogen (secondary N) is 1. The Labute approximate surface area is 172 Å². The van der Waals surface area contributed by atoms with E-state index < -0.39 is 0 Å². The van der Waals surface area contributed by atoms with Crippen molar-refractivity contribution in [2.24, 2.45) is 0 Å². The monoisotopic (exact) mass is 399 g/mol.